The molecule has 0 rings (SSSR count). The fraction of sp³-hybridized carbons (Fsp3) is 0.583. The van der Waals surface area contributed by atoms with Crippen molar-refractivity contribution in [3.63, 3.8) is 0 Å². The molecule has 0 bridgehead atoms. The summed E-state index contributed by atoms with van der Waals surface area (Å²) in [5.74, 6) is -12.7. The van der Waals surface area contributed by atoms with Gasteiger partial charge >= 0.3 is 23.9 Å². The molecule has 0 unspecified atom stereocenters. The summed E-state index contributed by atoms with van der Waals surface area (Å²) in [5.41, 5.74) is 10.8. The highest BCUT2D eigenvalue weighted by atomic mass is 33.1. The zero-order valence-electron chi connectivity index (χ0n) is 24.7. The van der Waals surface area contributed by atoms with E-state index in [0.717, 1.165) is 35.4 Å². The van der Waals surface area contributed by atoms with Crippen LogP contribution in [-0.2, 0) is 47.9 Å². The van der Waals surface area contributed by atoms with Gasteiger partial charge in [-0.1, -0.05) is 21.6 Å². The zero-order chi connectivity index (χ0) is 35.7. The predicted octanol–water partition coefficient (Wildman–Crippen LogP) is -3.36. The molecule has 0 aromatic rings. The lowest BCUT2D eigenvalue weighted by molar-refractivity contribution is -0.159. The van der Waals surface area contributed by atoms with Crippen LogP contribution >= 0.6 is 21.6 Å². The number of hydrogen-bond donors (Lipinski definition) is 8. The molecule has 0 aromatic heterocycles. The minimum absolute atomic E-state index is 0.286. The van der Waals surface area contributed by atoms with E-state index in [1.165, 1.54) is 0 Å². The van der Waals surface area contributed by atoms with Crippen LogP contribution in [0.15, 0.2) is 0 Å². The van der Waals surface area contributed by atoms with Crippen molar-refractivity contribution in [2.45, 2.75) is 63.7 Å². The van der Waals surface area contributed by atoms with Crippen molar-refractivity contribution in [1.29, 1.82) is 0 Å². The number of rotatable bonds is 21. The molecule has 0 heterocycles. The number of carboxylic acids is 4. The summed E-state index contributed by atoms with van der Waals surface area (Å²) in [7, 11) is 1.54. The molecule has 0 aliphatic heterocycles. The SMILES string of the molecule is CC(=O)N(CC(=O)O)C(=O)[C@H](CSSC[C@H](NC(=O)CC[C@H](N)C(=O)O)C(=O)NCC(=O)O)N(C(C)=O)C(=O)CC[C@H](N)C(=O)O. The van der Waals surface area contributed by atoms with Crippen molar-refractivity contribution in [2.24, 2.45) is 11.5 Å². The van der Waals surface area contributed by atoms with E-state index in [1.54, 1.807) is 0 Å². The van der Waals surface area contributed by atoms with Crippen LogP contribution in [0.4, 0.5) is 0 Å². The molecule has 6 amide bonds. The van der Waals surface area contributed by atoms with Crippen LogP contribution in [0.3, 0.4) is 0 Å². The lowest BCUT2D eigenvalue weighted by Crippen LogP contribution is -2.56. The van der Waals surface area contributed by atoms with E-state index < -0.39 is 122 Å². The first-order valence-corrected chi connectivity index (χ1v) is 15.6. The Morgan fingerprint density at radius 2 is 1.26 bits per heavy atom. The first-order valence-electron chi connectivity index (χ1n) is 13.2. The molecule has 46 heavy (non-hydrogen) atoms. The van der Waals surface area contributed by atoms with Gasteiger partial charge in [-0.3, -0.25) is 57.7 Å². The molecule has 20 nitrogen and oxygen atoms in total. The van der Waals surface area contributed by atoms with Crippen molar-refractivity contribution in [3.8, 4) is 0 Å². The van der Waals surface area contributed by atoms with E-state index in [4.69, 9.17) is 26.8 Å². The number of imide groups is 2. The number of aliphatic carboxylic acids is 4. The molecule has 4 atom stereocenters. The van der Waals surface area contributed by atoms with E-state index in [0.29, 0.717) is 4.90 Å². The van der Waals surface area contributed by atoms with Crippen LogP contribution in [-0.4, -0.2) is 138 Å². The molecular weight excluding hydrogens is 660 g/mol. The molecule has 10 N–H and O–H groups in total. The van der Waals surface area contributed by atoms with Crippen molar-refractivity contribution < 1.29 is 68.4 Å². The number of nitrogens with one attached hydrogen (secondary N) is 2. The summed E-state index contributed by atoms with van der Waals surface area (Å²) in [6.07, 6.45) is -1.74. The van der Waals surface area contributed by atoms with Gasteiger partial charge in [-0.05, 0) is 12.8 Å². The van der Waals surface area contributed by atoms with Gasteiger partial charge < -0.3 is 42.5 Å². The Hall–Kier alpha value is -4.28. The zero-order valence-corrected chi connectivity index (χ0v) is 26.3. The summed E-state index contributed by atoms with van der Waals surface area (Å²) in [6.45, 7) is -0.153. The lowest BCUT2D eigenvalue weighted by atomic mass is 10.1. The normalized spacial score (nSPS) is 13.2. The van der Waals surface area contributed by atoms with Gasteiger partial charge in [0.2, 0.25) is 29.5 Å². The number of carbonyl (C=O) groups excluding carboxylic acids is 6. The molecule has 0 fully saturated rings. The Labute approximate surface area is 269 Å². The van der Waals surface area contributed by atoms with Crippen molar-refractivity contribution in [2.75, 3.05) is 24.6 Å². The summed E-state index contributed by atoms with van der Waals surface area (Å²) < 4.78 is 0. The summed E-state index contributed by atoms with van der Waals surface area (Å²) in [6, 6.07) is -6.05. The maximum absolute atomic E-state index is 13.3. The predicted molar refractivity (Wildman–Crippen MR) is 159 cm³/mol. The van der Waals surface area contributed by atoms with E-state index >= 15 is 0 Å². The van der Waals surface area contributed by atoms with Gasteiger partial charge in [0.05, 0.1) is 0 Å². The summed E-state index contributed by atoms with van der Waals surface area (Å²) in [4.78, 5) is 121. The number of hydrogen-bond acceptors (Lipinski definition) is 14. The maximum atomic E-state index is 13.3. The molecule has 258 valence electrons. The average Bonchev–Trinajstić information content (AvgIpc) is 2.95. The Bertz CT molecular complexity index is 1200. The molecule has 0 aliphatic carbocycles. The summed E-state index contributed by atoms with van der Waals surface area (Å²) in [5, 5.41) is 40.3. The third-order valence-electron chi connectivity index (χ3n) is 5.74. The fourth-order valence-electron chi connectivity index (χ4n) is 3.38. The fourth-order valence-corrected chi connectivity index (χ4v) is 5.74. The van der Waals surface area contributed by atoms with Crippen LogP contribution < -0.4 is 22.1 Å². The topological polar surface area (TPSA) is 334 Å². The highest BCUT2D eigenvalue weighted by Gasteiger charge is 2.38. The molecule has 0 radical (unpaired) electrons. The molecule has 0 aromatic carbocycles. The molecule has 22 heteroatoms. The Balaban J connectivity index is 6.03. The Morgan fingerprint density at radius 1 is 0.739 bits per heavy atom. The Morgan fingerprint density at radius 3 is 1.72 bits per heavy atom. The first kappa shape index (κ1) is 41.7. The minimum atomic E-state index is -1.79. The largest absolute Gasteiger partial charge is 0.480 e. The van der Waals surface area contributed by atoms with Gasteiger partial charge in [-0.2, -0.15) is 0 Å². The van der Waals surface area contributed by atoms with Gasteiger partial charge in [0, 0.05) is 38.2 Å². The number of amides is 6. The van der Waals surface area contributed by atoms with Crippen molar-refractivity contribution in [1.82, 2.24) is 20.4 Å². The van der Waals surface area contributed by atoms with Gasteiger partial charge in [-0.25, -0.2) is 0 Å². The van der Waals surface area contributed by atoms with Crippen LogP contribution in [0.1, 0.15) is 39.5 Å². The van der Waals surface area contributed by atoms with Crippen LogP contribution in [0.5, 0.6) is 0 Å². The van der Waals surface area contributed by atoms with Crippen LogP contribution in [0.2, 0.25) is 0 Å². The monoisotopic (exact) mass is 696 g/mol. The third-order valence-corrected chi connectivity index (χ3v) is 8.14. The van der Waals surface area contributed by atoms with Gasteiger partial charge in [-0.15, -0.1) is 0 Å². The van der Waals surface area contributed by atoms with Gasteiger partial charge in [0.15, 0.2) is 0 Å². The second kappa shape index (κ2) is 20.7. The van der Waals surface area contributed by atoms with Crippen molar-refractivity contribution in [3.05, 3.63) is 0 Å². The molecule has 0 saturated carbocycles. The van der Waals surface area contributed by atoms with Crippen LogP contribution in [0.25, 0.3) is 0 Å². The number of carbonyl (C=O) groups is 10. The molecule has 0 saturated heterocycles. The van der Waals surface area contributed by atoms with Gasteiger partial charge in [0.1, 0.15) is 37.3 Å². The number of carboxylic acid groups (broad SMARTS) is 4. The number of nitrogens with two attached hydrogens (primary N) is 2. The first-order chi connectivity index (χ1) is 21.3. The van der Waals surface area contributed by atoms with E-state index in [1.807, 2.05) is 0 Å². The van der Waals surface area contributed by atoms with Crippen molar-refractivity contribution >= 4 is 80.9 Å². The average molecular weight is 697 g/mol. The second-order valence-electron chi connectivity index (χ2n) is 9.40. The van der Waals surface area contributed by atoms with E-state index in [2.05, 4.69) is 10.6 Å². The second-order valence-corrected chi connectivity index (χ2v) is 12.0. The minimum Gasteiger partial charge on any atom is -0.480 e. The standard InChI is InChI=1S/C24H36N6O14S2/c1-11(31)29(8-20(37)38)22(40)16(30(12(2)32)18(34)6-4-14(26)24(43)44)10-46-45-9-15(21(39)27-7-19(35)36)28-17(33)5-3-13(25)23(41)42/h13-16H,3-10,25-26H2,1-2H3,(H,27,39)(H,28,33)(H,35,36)(H,37,38)(H,41,42)(H,43,44)/t13-,14-,15-,16-/m0/s1. The lowest BCUT2D eigenvalue weighted by Gasteiger charge is -2.31. The molecule has 0 aliphatic rings. The third kappa shape index (κ3) is 15.6. The molecule has 0 spiro atoms. The van der Waals surface area contributed by atoms with E-state index in [-0.39, 0.29) is 17.1 Å². The smallest absolute Gasteiger partial charge is 0.323 e. The highest BCUT2D eigenvalue weighted by Crippen LogP contribution is 2.26. The maximum Gasteiger partial charge on any atom is 0.323 e. The quantitative estimate of drug-likeness (QED) is 0.0429. The number of nitrogens with zero attached hydrogens (tertiary/aromatic N) is 2. The van der Waals surface area contributed by atoms with Gasteiger partial charge in [0.25, 0.3) is 5.91 Å². The Kier molecular flexibility index (Phi) is 18.8. The van der Waals surface area contributed by atoms with E-state index in [9.17, 15) is 53.1 Å². The highest BCUT2D eigenvalue weighted by molar-refractivity contribution is 8.76. The summed E-state index contributed by atoms with van der Waals surface area (Å²) >= 11 is 0. The molecular formula is C24H36N6O14S2. The van der Waals surface area contributed by atoms with Crippen LogP contribution in [0, 0.1) is 0 Å².